The van der Waals surface area contributed by atoms with E-state index in [1.165, 1.54) is 37.7 Å². The lowest BCUT2D eigenvalue weighted by atomic mass is 9.67. The minimum atomic E-state index is 0.288. The third-order valence-corrected chi connectivity index (χ3v) is 5.07. The molecule has 1 aliphatic rings. The van der Waals surface area contributed by atoms with E-state index in [0.29, 0.717) is 0 Å². The standard InChI is InChI=1S/C16H24ClN/c1-2-13-7-9-16(12-18,10-8-13)11-14-5-3-4-6-15(14)17/h3-6,13H,2,7-12,18H2,1H3. The van der Waals surface area contributed by atoms with Crippen molar-refractivity contribution in [2.45, 2.75) is 45.4 Å². The maximum absolute atomic E-state index is 6.28. The quantitative estimate of drug-likeness (QED) is 0.856. The van der Waals surface area contributed by atoms with Gasteiger partial charge < -0.3 is 5.73 Å². The summed E-state index contributed by atoms with van der Waals surface area (Å²) in [5, 5.41) is 0.892. The van der Waals surface area contributed by atoms with Gasteiger partial charge in [0.2, 0.25) is 0 Å². The van der Waals surface area contributed by atoms with Crippen LogP contribution in [0.15, 0.2) is 24.3 Å². The van der Waals surface area contributed by atoms with Crippen LogP contribution in [0, 0.1) is 11.3 Å². The lowest BCUT2D eigenvalue weighted by Crippen LogP contribution is -2.36. The first kappa shape index (κ1) is 13.9. The Hall–Kier alpha value is -0.530. The maximum atomic E-state index is 6.28. The van der Waals surface area contributed by atoms with Crippen molar-refractivity contribution in [2.75, 3.05) is 6.54 Å². The van der Waals surface area contributed by atoms with E-state index >= 15 is 0 Å². The largest absolute Gasteiger partial charge is 0.330 e. The van der Waals surface area contributed by atoms with E-state index < -0.39 is 0 Å². The number of nitrogens with two attached hydrogens (primary N) is 1. The summed E-state index contributed by atoms with van der Waals surface area (Å²) < 4.78 is 0. The number of hydrogen-bond acceptors (Lipinski definition) is 1. The van der Waals surface area contributed by atoms with Gasteiger partial charge in [-0.3, -0.25) is 0 Å². The van der Waals surface area contributed by atoms with Gasteiger partial charge in [0, 0.05) is 5.02 Å². The molecule has 100 valence electrons. The Balaban J connectivity index is 2.08. The predicted molar refractivity (Wildman–Crippen MR) is 78.9 cm³/mol. The zero-order chi connectivity index (χ0) is 13.0. The lowest BCUT2D eigenvalue weighted by Gasteiger charge is -2.39. The number of rotatable bonds is 4. The van der Waals surface area contributed by atoms with Gasteiger partial charge in [-0.1, -0.05) is 43.1 Å². The smallest absolute Gasteiger partial charge is 0.0438 e. The van der Waals surface area contributed by atoms with Gasteiger partial charge in [0.15, 0.2) is 0 Å². The van der Waals surface area contributed by atoms with Crippen molar-refractivity contribution in [2.24, 2.45) is 17.1 Å². The van der Waals surface area contributed by atoms with Gasteiger partial charge in [-0.05, 0) is 61.6 Å². The fourth-order valence-corrected chi connectivity index (χ4v) is 3.40. The van der Waals surface area contributed by atoms with E-state index in [-0.39, 0.29) is 5.41 Å². The molecule has 0 aromatic heterocycles. The van der Waals surface area contributed by atoms with E-state index in [0.717, 1.165) is 23.9 Å². The molecule has 0 aliphatic heterocycles. The summed E-state index contributed by atoms with van der Waals surface area (Å²) in [4.78, 5) is 0. The summed E-state index contributed by atoms with van der Waals surface area (Å²) >= 11 is 6.28. The van der Waals surface area contributed by atoms with Crippen molar-refractivity contribution in [3.8, 4) is 0 Å². The zero-order valence-electron chi connectivity index (χ0n) is 11.3. The SMILES string of the molecule is CCC1CCC(CN)(Cc2ccccc2Cl)CC1. The highest BCUT2D eigenvalue weighted by atomic mass is 35.5. The van der Waals surface area contributed by atoms with E-state index in [2.05, 4.69) is 19.1 Å². The highest BCUT2D eigenvalue weighted by molar-refractivity contribution is 6.31. The molecule has 0 bridgehead atoms. The molecule has 0 amide bonds. The summed E-state index contributed by atoms with van der Waals surface area (Å²) in [6.45, 7) is 3.09. The van der Waals surface area contributed by atoms with Crippen LogP contribution in [-0.2, 0) is 6.42 Å². The summed E-state index contributed by atoms with van der Waals surface area (Å²) in [6.07, 6.45) is 7.53. The molecule has 0 atom stereocenters. The molecule has 18 heavy (non-hydrogen) atoms. The second kappa shape index (κ2) is 6.08. The minimum absolute atomic E-state index is 0.288. The Morgan fingerprint density at radius 2 is 1.94 bits per heavy atom. The predicted octanol–water partition coefficient (Wildman–Crippen LogP) is 4.43. The normalized spacial score (nSPS) is 28.3. The maximum Gasteiger partial charge on any atom is 0.0438 e. The van der Waals surface area contributed by atoms with Crippen molar-refractivity contribution in [1.29, 1.82) is 0 Å². The van der Waals surface area contributed by atoms with Crippen LogP contribution in [0.25, 0.3) is 0 Å². The Morgan fingerprint density at radius 1 is 1.28 bits per heavy atom. The second-order valence-electron chi connectivity index (χ2n) is 5.82. The molecule has 1 fully saturated rings. The van der Waals surface area contributed by atoms with Crippen LogP contribution in [-0.4, -0.2) is 6.54 Å². The molecule has 0 spiro atoms. The van der Waals surface area contributed by atoms with Crippen molar-refractivity contribution in [3.63, 3.8) is 0 Å². The van der Waals surface area contributed by atoms with Crippen LogP contribution in [0.5, 0.6) is 0 Å². The van der Waals surface area contributed by atoms with Gasteiger partial charge in [0.1, 0.15) is 0 Å². The van der Waals surface area contributed by atoms with Crippen LogP contribution >= 0.6 is 11.6 Å². The molecule has 2 N–H and O–H groups in total. The minimum Gasteiger partial charge on any atom is -0.330 e. The molecule has 1 aromatic carbocycles. The fraction of sp³-hybridized carbons (Fsp3) is 0.625. The highest BCUT2D eigenvalue weighted by Gasteiger charge is 2.34. The molecule has 1 nitrogen and oxygen atoms in total. The Morgan fingerprint density at radius 3 is 2.50 bits per heavy atom. The molecule has 0 unspecified atom stereocenters. The van der Waals surface area contributed by atoms with Crippen molar-refractivity contribution >= 4 is 11.6 Å². The summed E-state index contributed by atoms with van der Waals surface area (Å²) in [5.74, 6) is 0.913. The first-order valence-corrected chi connectivity index (χ1v) is 7.50. The van der Waals surface area contributed by atoms with Gasteiger partial charge in [0.05, 0.1) is 0 Å². The van der Waals surface area contributed by atoms with Crippen LogP contribution in [0.1, 0.15) is 44.6 Å². The van der Waals surface area contributed by atoms with Crippen molar-refractivity contribution in [1.82, 2.24) is 0 Å². The lowest BCUT2D eigenvalue weighted by molar-refractivity contribution is 0.153. The topological polar surface area (TPSA) is 26.0 Å². The van der Waals surface area contributed by atoms with Crippen molar-refractivity contribution in [3.05, 3.63) is 34.9 Å². The molecule has 2 rings (SSSR count). The average molecular weight is 266 g/mol. The molecular formula is C16H24ClN. The Labute approximate surface area is 116 Å². The Bertz CT molecular complexity index is 380. The van der Waals surface area contributed by atoms with Crippen LogP contribution in [0.3, 0.4) is 0 Å². The molecule has 1 aromatic rings. The van der Waals surface area contributed by atoms with E-state index in [9.17, 15) is 0 Å². The van der Waals surface area contributed by atoms with Gasteiger partial charge in [0.25, 0.3) is 0 Å². The van der Waals surface area contributed by atoms with Gasteiger partial charge >= 0.3 is 0 Å². The number of halogens is 1. The third kappa shape index (κ3) is 3.07. The third-order valence-electron chi connectivity index (χ3n) is 4.70. The summed E-state index contributed by atoms with van der Waals surface area (Å²) in [5.41, 5.74) is 7.63. The molecule has 0 saturated heterocycles. The highest BCUT2D eigenvalue weighted by Crippen LogP contribution is 2.42. The molecule has 0 heterocycles. The van der Waals surface area contributed by atoms with E-state index in [1.54, 1.807) is 0 Å². The van der Waals surface area contributed by atoms with Crippen LogP contribution in [0.4, 0.5) is 0 Å². The molecule has 2 heteroatoms. The van der Waals surface area contributed by atoms with Gasteiger partial charge in [-0.25, -0.2) is 0 Å². The first-order valence-electron chi connectivity index (χ1n) is 7.12. The molecule has 1 aliphatic carbocycles. The number of hydrogen-bond donors (Lipinski definition) is 1. The number of benzene rings is 1. The van der Waals surface area contributed by atoms with Crippen molar-refractivity contribution < 1.29 is 0 Å². The van der Waals surface area contributed by atoms with E-state index in [4.69, 9.17) is 17.3 Å². The zero-order valence-corrected chi connectivity index (χ0v) is 12.0. The van der Waals surface area contributed by atoms with Crippen LogP contribution in [0.2, 0.25) is 5.02 Å². The second-order valence-corrected chi connectivity index (χ2v) is 6.23. The van der Waals surface area contributed by atoms with Gasteiger partial charge in [-0.2, -0.15) is 0 Å². The molecule has 0 radical (unpaired) electrons. The molecular weight excluding hydrogens is 242 g/mol. The summed E-state index contributed by atoms with van der Waals surface area (Å²) in [6, 6.07) is 8.20. The molecule has 1 saturated carbocycles. The monoisotopic (exact) mass is 265 g/mol. The fourth-order valence-electron chi connectivity index (χ4n) is 3.20. The van der Waals surface area contributed by atoms with Gasteiger partial charge in [-0.15, -0.1) is 0 Å². The summed E-state index contributed by atoms with van der Waals surface area (Å²) in [7, 11) is 0. The first-order chi connectivity index (χ1) is 8.69. The Kier molecular flexibility index (Phi) is 4.69. The van der Waals surface area contributed by atoms with E-state index in [1.807, 2.05) is 12.1 Å². The average Bonchev–Trinajstić information content (AvgIpc) is 2.42. The van der Waals surface area contributed by atoms with Crippen LogP contribution < -0.4 is 5.73 Å².